The predicted octanol–water partition coefficient (Wildman–Crippen LogP) is -0.456. The molecule has 11 heteroatoms. The number of esters is 3. The molecule has 0 aliphatic carbocycles. The highest BCUT2D eigenvalue weighted by molar-refractivity contribution is 5.71. The Morgan fingerprint density at radius 3 is 2.04 bits per heavy atom. The van der Waals surface area contributed by atoms with Gasteiger partial charge < -0.3 is 18.9 Å². The van der Waals surface area contributed by atoms with Crippen molar-refractivity contribution in [3.05, 3.63) is 0 Å². The molecule has 1 aliphatic rings. The average molecular weight is 365 g/mol. The van der Waals surface area contributed by atoms with Crippen molar-refractivity contribution < 1.29 is 47.4 Å². The standard InChI is InChI=1S/C14H20FNO9/c1-6(17)16-25-13-12(22-8(3)19)11(15)10(5-21-7(2)18)24-14(13)23-9(4)20/h10-14H,5H2,1-4H3,(H,16,17)/t10-,11-,12+,13-,14?/m1/s1. The molecule has 5 atom stereocenters. The third-order valence-corrected chi connectivity index (χ3v) is 2.94. The minimum atomic E-state index is -1.98. The first-order valence-electron chi connectivity index (χ1n) is 7.31. The number of hydroxylamine groups is 1. The molecule has 0 saturated carbocycles. The first-order valence-corrected chi connectivity index (χ1v) is 7.31. The van der Waals surface area contributed by atoms with E-state index < -0.39 is 61.2 Å². The van der Waals surface area contributed by atoms with Gasteiger partial charge in [-0.3, -0.25) is 24.0 Å². The topological polar surface area (TPSA) is 126 Å². The largest absolute Gasteiger partial charge is 0.463 e. The molecule has 1 N–H and O–H groups in total. The lowest BCUT2D eigenvalue weighted by atomic mass is 10.00. The number of alkyl halides is 1. The van der Waals surface area contributed by atoms with Crippen molar-refractivity contribution in [1.82, 2.24) is 5.48 Å². The van der Waals surface area contributed by atoms with Crippen LogP contribution >= 0.6 is 0 Å². The van der Waals surface area contributed by atoms with Crippen LogP contribution in [-0.2, 0) is 43.0 Å². The van der Waals surface area contributed by atoms with Gasteiger partial charge in [0.25, 0.3) is 0 Å². The van der Waals surface area contributed by atoms with Gasteiger partial charge in [0, 0.05) is 27.7 Å². The third kappa shape index (κ3) is 6.63. The summed E-state index contributed by atoms with van der Waals surface area (Å²) in [6, 6.07) is 0. The molecule has 1 fully saturated rings. The van der Waals surface area contributed by atoms with Crippen LogP contribution in [0.25, 0.3) is 0 Å². The molecule has 0 aromatic rings. The lowest BCUT2D eigenvalue weighted by Crippen LogP contribution is -2.61. The smallest absolute Gasteiger partial charge is 0.305 e. The Balaban J connectivity index is 3.04. The number of hydrogen-bond acceptors (Lipinski definition) is 9. The highest BCUT2D eigenvalue weighted by Crippen LogP contribution is 2.29. The van der Waals surface area contributed by atoms with Gasteiger partial charge in [0.1, 0.15) is 12.7 Å². The van der Waals surface area contributed by atoms with Crippen LogP contribution in [0.4, 0.5) is 4.39 Å². The van der Waals surface area contributed by atoms with Crippen molar-refractivity contribution in [3.8, 4) is 0 Å². The van der Waals surface area contributed by atoms with Crippen molar-refractivity contribution in [1.29, 1.82) is 0 Å². The second-order valence-corrected chi connectivity index (χ2v) is 5.21. The molecule has 1 saturated heterocycles. The molecule has 1 unspecified atom stereocenters. The maximum absolute atomic E-state index is 14.7. The lowest BCUT2D eigenvalue weighted by Gasteiger charge is -2.41. The Labute approximate surface area is 142 Å². The van der Waals surface area contributed by atoms with E-state index in [9.17, 15) is 23.6 Å². The second kappa shape index (κ2) is 9.28. The van der Waals surface area contributed by atoms with Crippen molar-refractivity contribution in [2.75, 3.05) is 6.61 Å². The molecule has 0 radical (unpaired) electrons. The minimum absolute atomic E-state index is 0.501. The summed E-state index contributed by atoms with van der Waals surface area (Å²) in [5.41, 5.74) is 1.95. The molecule has 25 heavy (non-hydrogen) atoms. The Bertz CT molecular complexity index is 526. The summed E-state index contributed by atoms with van der Waals surface area (Å²) < 4.78 is 34.4. The fourth-order valence-electron chi connectivity index (χ4n) is 2.06. The van der Waals surface area contributed by atoms with Gasteiger partial charge in [-0.1, -0.05) is 0 Å². The van der Waals surface area contributed by atoms with Crippen molar-refractivity contribution in [2.45, 2.75) is 58.5 Å². The van der Waals surface area contributed by atoms with Gasteiger partial charge in [0.05, 0.1) is 0 Å². The van der Waals surface area contributed by atoms with Crippen LogP contribution in [0.5, 0.6) is 0 Å². The zero-order valence-corrected chi connectivity index (χ0v) is 14.1. The number of nitrogens with one attached hydrogen (secondary N) is 1. The first kappa shape index (κ1) is 20.8. The summed E-state index contributed by atoms with van der Waals surface area (Å²) in [6.45, 7) is 3.86. The average Bonchev–Trinajstić information content (AvgIpc) is 2.46. The normalized spacial score (nSPS) is 28.6. The molecule has 0 aromatic heterocycles. The summed E-state index contributed by atoms with van der Waals surface area (Å²) in [5, 5.41) is 0. The SMILES string of the molecule is CC(=O)NO[C@H]1C(OC(C)=O)O[C@H](COC(C)=O)[C@@H](F)[C@@H]1OC(C)=O. The number of carbonyl (C=O) groups is 4. The molecule has 1 amide bonds. The highest BCUT2D eigenvalue weighted by atomic mass is 19.1. The van der Waals surface area contributed by atoms with E-state index in [1.807, 2.05) is 5.48 Å². The van der Waals surface area contributed by atoms with Crippen LogP contribution in [0, 0.1) is 0 Å². The third-order valence-electron chi connectivity index (χ3n) is 2.94. The highest BCUT2D eigenvalue weighted by Gasteiger charge is 2.51. The van der Waals surface area contributed by atoms with Crippen LogP contribution in [0.15, 0.2) is 0 Å². The lowest BCUT2D eigenvalue weighted by molar-refractivity contribution is -0.301. The quantitative estimate of drug-likeness (QED) is 0.378. The van der Waals surface area contributed by atoms with Gasteiger partial charge in [-0.25, -0.2) is 9.87 Å². The number of amides is 1. The molecule has 0 aromatic carbocycles. The zero-order chi connectivity index (χ0) is 19.1. The number of rotatable bonds is 6. The van der Waals surface area contributed by atoms with E-state index in [4.69, 9.17) is 23.8 Å². The van der Waals surface area contributed by atoms with Crippen molar-refractivity contribution in [2.24, 2.45) is 0 Å². The van der Waals surface area contributed by atoms with Gasteiger partial charge in [0.15, 0.2) is 18.4 Å². The fourth-order valence-corrected chi connectivity index (χ4v) is 2.06. The molecule has 10 nitrogen and oxygen atoms in total. The fraction of sp³-hybridized carbons (Fsp3) is 0.714. The van der Waals surface area contributed by atoms with E-state index in [1.165, 1.54) is 0 Å². The first-order chi connectivity index (χ1) is 11.6. The van der Waals surface area contributed by atoms with Gasteiger partial charge in [-0.2, -0.15) is 0 Å². The summed E-state index contributed by atoms with van der Waals surface area (Å²) in [7, 11) is 0. The molecule has 1 aliphatic heterocycles. The van der Waals surface area contributed by atoms with Crippen LogP contribution in [0.1, 0.15) is 27.7 Å². The van der Waals surface area contributed by atoms with E-state index in [-0.39, 0.29) is 0 Å². The van der Waals surface area contributed by atoms with Crippen molar-refractivity contribution in [3.63, 3.8) is 0 Å². The Hall–Kier alpha value is -2.27. The van der Waals surface area contributed by atoms with E-state index in [1.54, 1.807) is 0 Å². The summed E-state index contributed by atoms with van der Waals surface area (Å²) in [5.74, 6) is -2.92. The molecule has 0 bridgehead atoms. The number of carbonyl (C=O) groups excluding carboxylic acids is 4. The van der Waals surface area contributed by atoms with Crippen LogP contribution in [0.2, 0.25) is 0 Å². The monoisotopic (exact) mass is 365 g/mol. The Morgan fingerprint density at radius 2 is 1.56 bits per heavy atom. The molecule has 1 rings (SSSR count). The molecule has 1 heterocycles. The van der Waals surface area contributed by atoms with Crippen LogP contribution < -0.4 is 5.48 Å². The van der Waals surface area contributed by atoms with Crippen molar-refractivity contribution >= 4 is 23.8 Å². The zero-order valence-electron chi connectivity index (χ0n) is 14.1. The van der Waals surface area contributed by atoms with E-state index >= 15 is 0 Å². The molecule has 142 valence electrons. The van der Waals surface area contributed by atoms with Gasteiger partial charge >= 0.3 is 17.9 Å². The summed E-state index contributed by atoms with van der Waals surface area (Å²) in [6.07, 6.45) is -7.92. The van der Waals surface area contributed by atoms with Gasteiger partial charge in [-0.05, 0) is 0 Å². The van der Waals surface area contributed by atoms with Crippen LogP contribution in [0.3, 0.4) is 0 Å². The number of ether oxygens (including phenoxy) is 4. The molecule has 0 spiro atoms. The number of hydrogen-bond donors (Lipinski definition) is 1. The van der Waals surface area contributed by atoms with E-state index in [0.717, 1.165) is 27.7 Å². The predicted molar refractivity (Wildman–Crippen MR) is 76.2 cm³/mol. The van der Waals surface area contributed by atoms with Gasteiger partial charge in [0.2, 0.25) is 12.2 Å². The minimum Gasteiger partial charge on any atom is -0.463 e. The van der Waals surface area contributed by atoms with Crippen LogP contribution in [-0.4, -0.2) is 61.2 Å². The molecular weight excluding hydrogens is 345 g/mol. The van der Waals surface area contributed by atoms with E-state index in [0.29, 0.717) is 0 Å². The maximum atomic E-state index is 14.7. The number of halogens is 1. The molecular formula is C14H20FNO9. The summed E-state index contributed by atoms with van der Waals surface area (Å²) >= 11 is 0. The van der Waals surface area contributed by atoms with E-state index in [2.05, 4.69) is 0 Å². The van der Waals surface area contributed by atoms with Gasteiger partial charge in [-0.15, -0.1) is 0 Å². The Kier molecular flexibility index (Phi) is 7.71. The Morgan fingerprint density at radius 1 is 0.960 bits per heavy atom. The second-order valence-electron chi connectivity index (χ2n) is 5.21. The maximum Gasteiger partial charge on any atom is 0.305 e. The summed E-state index contributed by atoms with van der Waals surface area (Å²) in [4.78, 5) is 49.4.